The first-order valence-electron chi connectivity index (χ1n) is 7.43. The van der Waals surface area contributed by atoms with Crippen LogP contribution in [0.4, 0.5) is 0 Å². The van der Waals surface area contributed by atoms with E-state index in [1.54, 1.807) is 0 Å². The van der Waals surface area contributed by atoms with Gasteiger partial charge in [-0.15, -0.1) is 0 Å². The van der Waals surface area contributed by atoms with E-state index in [0.29, 0.717) is 39.6 Å². The van der Waals surface area contributed by atoms with Crippen LogP contribution < -0.4 is 5.32 Å². The van der Waals surface area contributed by atoms with E-state index in [-0.39, 0.29) is 0 Å². The van der Waals surface area contributed by atoms with Gasteiger partial charge in [-0.05, 0) is 21.0 Å². The molecule has 0 saturated heterocycles. The first kappa shape index (κ1) is 19.8. The van der Waals surface area contributed by atoms with E-state index in [1.807, 2.05) is 6.92 Å². The molecule has 0 rings (SSSR count). The predicted octanol–water partition coefficient (Wildman–Crippen LogP) is 0.224. The van der Waals surface area contributed by atoms with Crippen LogP contribution in [0.5, 0.6) is 0 Å². The predicted molar refractivity (Wildman–Crippen MR) is 80.4 cm³/mol. The van der Waals surface area contributed by atoms with Crippen molar-refractivity contribution < 1.29 is 18.9 Å². The highest BCUT2D eigenvalue weighted by Crippen LogP contribution is 1.82. The zero-order valence-corrected chi connectivity index (χ0v) is 13.4. The normalized spacial score (nSPS) is 11.4. The molecular weight excluding hydrogens is 260 g/mol. The Morgan fingerprint density at radius 2 is 1.20 bits per heavy atom. The molecule has 6 heteroatoms. The summed E-state index contributed by atoms with van der Waals surface area (Å²) in [6, 6.07) is 0. The Balaban J connectivity index is 2.92. The van der Waals surface area contributed by atoms with Gasteiger partial charge in [-0.3, -0.25) is 0 Å². The molecule has 0 fully saturated rings. The molecule has 0 unspecified atom stereocenters. The molecule has 0 aromatic carbocycles. The van der Waals surface area contributed by atoms with E-state index in [0.717, 1.165) is 32.8 Å². The van der Waals surface area contributed by atoms with Crippen molar-refractivity contribution in [1.82, 2.24) is 10.2 Å². The van der Waals surface area contributed by atoms with Gasteiger partial charge in [0, 0.05) is 26.2 Å². The lowest BCUT2D eigenvalue weighted by Crippen LogP contribution is -2.29. The van der Waals surface area contributed by atoms with Gasteiger partial charge in [0.25, 0.3) is 0 Å². The molecule has 0 spiro atoms. The summed E-state index contributed by atoms with van der Waals surface area (Å²) in [6.07, 6.45) is 0. The van der Waals surface area contributed by atoms with E-state index in [2.05, 4.69) is 24.3 Å². The zero-order chi connectivity index (χ0) is 14.9. The lowest BCUT2D eigenvalue weighted by Gasteiger charge is -2.10. The highest BCUT2D eigenvalue weighted by molar-refractivity contribution is 4.49. The average Bonchev–Trinajstić information content (AvgIpc) is 2.43. The van der Waals surface area contributed by atoms with Crippen molar-refractivity contribution in [3.05, 3.63) is 0 Å². The van der Waals surface area contributed by atoms with Crippen molar-refractivity contribution in [1.29, 1.82) is 0 Å². The number of hydrogen-bond donors (Lipinski definition) is 1. The second-order valence-electron chi connectivity index (χ2n) is 4.59. The van der Waals surface area contributed by atoms with E-state index < -0.39 is 0 Å². The van der Waals surface area contributed by atoms with Crippen LogP contribution >= 0.6 is 0 Å². The first-order valence-corrected chi connectivity index (χ1v) is 7.43. The van der Waals surface area contributed by atoms with Gasteiger partial charge in [0.05, 0.1) is 46.2 Å². The smallest absolute Gasteiger partial charge is 0.0701 e. The highest BCUT2D eigenvalue weighted by Gasteiger charge is 1.93. The minimum absolute atomic E-state index is 0.608. The van der Waals surface area contributed by atoms with Crippen molar-refractivity contribution in [2.24, 2.45) is 0 Å². The summed E-state index contributed by atoms with van der Waals surface area (Å²) in [5, 5.41) is 3.31. The summed E-state index contributed by atoms with van der Waals surface area (Å²) in [5.74, 6) is 0. The highest BCUT2D eigenvalue weighted by atomic mass is 16.6. The summed E-state index contributed by atoms with van der Waals surface area (Å²) in [4.78, 5) is 2.15. The molecule has 0 aliphatic heterocycles. The van der Waals surface area contributed by atoms with Gasteiger partial charge in [-0.1, -0.05) is 0 Å². The van der Waals surface area contributed by atoms with Gasteiger partial charge in [0.2, 0.25) is 0 Å². The third-order valence-electron chi connectivity index (χ3n) is 2.48. The van der Waals surface area contributed by atoms with Gasteiger partial charge >= 0.3 is 0 Å². The molecule has 0 atom stereocenters. The maximum absolute atomic E-state index is 5.44. The van der Waals surface area contributed by atoms with Gasteiger partial charge < -0.3 is 29.2 Å². The fraction of sp³-hybridized carbons (Fsp3) is 1.00. The third-order valence-corrected chi connectivity index (χ3v) is 2.48. The Labute approximate surface area is 123 Å². The molecular formula is C14H32N2O4. The average molecular weight is 292 g/mol. The number of nitrogens with zero attached hydrogens (tertiary/aromatic N) is 1. The molecule has 0 saturated carbocycles. The molecule has 20 heavy (non-hydrogen) atoms. The molecule has 122 valence electrons. The summed E-state index contributed by atoms with van der Waals surface area (Å²) < 4.78 is 21.3. The molecule has 1 N–H and O–H groups in total. The molecule has 0 heterocycles. The van der Waals surface area contributed by atoms with Crippen molar-refractivity contribution in [3.63, 3.8) is 0 Å². The monoisotopic (exact) mass is 292 g/mol. The van der Waals surface area contributed by atoms with Crippen molar-refractivity contribution >= 4 is 0 Å². The van der Waals surface area contributed by atoms with Crippen molar-refractivity contribution in [2.75, 3.05) is 86.6 Å². The maximum Gasteiger partial charge on any atom is 0.0701 e. The Kier molecular flexibility index (Phi) is 16.6. The van der Waals surface area contributed by atoms with E-state index in [1.165, 1.54) is 0 Å². The third kappa shape index (κ3) is 17.8. The Morgan fingerprint density at radius 1 is 0.700 bits per heavy atom. The van der Waals surface area contributed by atoms with Crippen LogP contribution in [-0.4, -0.2) is 91.5 Å². The molecule has 0 aliphatic carbocycles. The largest absolute Gasteiger partial charge is 0.379 e. The standard InChI is InChI=1S/C14H32N2O4/c1-4-17-9-10-19-13-14-20-12-11-18-8-6-15-5-7-16(2)3/h15H,4-14H2,1-3H3. The summed E-state index contributed by atoms with van der Waals surface area (Å²) >= 11 is 0. The van der Waals surface area contributed by atoms with Gasteiger partial charge in [-0.2, -0.15) is 0 Å². The van der Waals surface area contributed by atoms with Crippen molar-refractivity contribution in [2.45, 2.75) is 6.92 Å². The Bertz CT molecular complexity index is 183. The lowest BCUT2D eigenvalue weighted by atomic mass is 10.5. The fourth-order valence-electron chi connectivity index (χ4n) is 1.38. The minimum Gasteiger partial charge on any atom is -0.379 e. The molecule has 0 bridgehead atoms. The van der Waals surface area contributed by atoms with Crippen LogP contribution in [0.3, 0.4) is 0 Å². The van der Waals surface area contributed by atoms with Crippen LogP contribution in [0.1, 0.15) is 6.92 Å². The van der Waals surface area contributed by atoms with E-state index in [4.69, 9.17) is 18.9 Å². The van der Waals surface area contributed by atoms with E-state index >= 15 is 0 Å². The second kappa shape index (κ2) is 16.8. The number of nitrogens with one attached hydrogen (secondary N) is 1. The number of likely N-dealkylation sites (N-methyl/N-ethyl adjacent to an activating group) is 1. The summed E-state index contributed by atoms with van der Waals surface area (Å²) in [7, 11) is 4.13. The lowest BCUT2D eigenvalue weighted by molar-refractivity contribution is -0.000105. The summed E-state index contributed by atoms with van der Waals surface area (Å²) in [6.45, 7) is 10.1. The van der Waals surface area contributed by atoms with Gasteiger partial charge in [-0.25, -0.2) is 0 Å². The van der Waals surface area contributed by atoms with Crippen LogP contribution in [0.2, 0.25) is 0 Å². The Hall–Kier alpha value is -0.240. The van der Waals surface area contributed by atoms with Crippen LogP contribution in [-0.2, 0) is 18.9 Å². The quantitative estimate of drug-likeness (QED) is 0.411. The topological polar surface area (TPSA) is 52.2 Å². The summed E-state index contributed by atoms with van der Waals surface area (Å²) in [5.41, 5.74) is 0. The molecule has 6 nitrogen and oxygen atoms in total. The molecule has 0 aliphatic rings. The van der Waals surface area contributed by atoms with E-state index in [9.17, 15) is 0 Å². The second-order valence-corrected chi connectivity index (χ2v) is 4.59. The van der Waals surface area contributed by atoms with Crippen LogP contribution in [0, 0.1) is 0 Å². The number of ether oxygens (including phenoxy) is 4. The van der Waals surface area contributed by atoms with Gasteiger partial charge in [0.1, 0.15) is 0 Å². The van der Waals surface area contributed by atoms with Gasteiger partial charge in [0.15, 0.2) is 0 Å². The molecule has 0 aromatic rings. The van der Waals surface area contributed by atoms with Crippen LogP contribution in [0.25, 0.3) is 0 Å². The Morgan fingerprint density at radius 3 is 1.70 bits per heavy atom. The zero-order valence-electron chi connectivity index (χ0n) is 13.4. The number of hydrogen-bond acceptors (Lipinski definition) is 6. The fourth-order valence-corrected chi connectivity index (χ4v) is 1.38. The maximum atomic E-state index is 5.44. The first-order chi connectivity index (χ1) is 9.77. The minimum atomic E-state index is 0.608. The SMILES string of the molecule is CCOCCOCCOCCOCCNCCN(C)C. The molecule has 0 amide bonds. The number of rotatable bonds is 16. The van der Waals surface area contributed by atoms with Crippen molar-refractivity contribution in [3.8, 4) is 0 Å². The molecule has 0 aromatic heterocycles. The van der Waals surface area contributed by atoms with Crippen LogP contribution in [0.15, 0.2) is 0 Å². The molecule has 0 radical (unpaired) electrons.